The highest BCUT2D eigenvalue weighted by molar-refractivity contribution is 5.95. The molecule has 0 saturated carbocycles. The van der Waals surface area contributed by atoms with E-state index in [1.165, 1.54) is 0 Å². The zero-order valence-corrected chi connectivity index (χ0v) is 19.0. The number of aliphatic hydroxyl groups is 1. The van der Waals surface area contributed by atoms with Crippen molar-refractivity contribution in [1.82, 2.24) is 0 Å². The van der Waals surface area contributed by atoms with Gasteiger partial charge in [-0.3, -0.25) is 9.59 Å². The predicted octanol–water partition coefficient (Wildman–Crippen LogP) is 6.28. The summed E-state index contributed by atoms with van der Waals surface area (Å²) < 4.78 is 0. The first-order valence-corrected chi connectivity index (χ1v) is 11.7. The average Bonchev–Trinajstić information content (AvgIpc) is 2.67. The SMILES string of the molecule is CC[C@H](CCC(C)C)CC(O)C(=O)CC[C@H](CC)CC(=O)C1=CC[C@@H](C)CC1. The topological polar surface area (TPSA) is 54.4 Å². The quantitative estimate of drug-likeness (QED) is 0.378. The molecular weight excluding hydrogens is 348 g/mol. The zero-order chi connectivity index (χ0) is 21.1. The summed E-state index contributed by atoms with van der Waals surface area (Å²) in [5.41, 5.74) is 0.999. The number of hydrogen-bond donors (Lipinski definition) is 1. The normalized spacial score (nSPS) is 20.5. The number of hydrogen-bond acceptors (Lipinski definition) is 3. The lowest BCUT2D eigenvalue weighted by Crippen LogP contribution is -2.24. The van der Waals surface area contributed by atoms with Crippen LogP contribution >= 0.6 is 0 Å². The first kappa shape index (κ1) is 25.1. The van der Waals surface area contributed by atoms with E-state index in [9.17, 15) is 14.7 Å². The summed E-state index contributed by atoms with van der Waals surface area (Å²) in [6.07, 6.45) is 10.7. The number of allylic oxidation sites excluding steroid dienone is 2. The molecule has 1 aliphatic rings. The van der Waals surface area contributed by atoms with Crippen LogP contribution < -0.4 is 0 Å². The van der Waals surface area contributed by atoms with E-state index in [0.717, 1.165) is 50.5 Å². The molecule has 0 aromatic heterocycles. The summed E-state index contributed by atoms with van der Waals surface area (Å²) in [5.74, 6) is 2.24. The van der Waals surface area contributed by atoms with Gasteiger partial charge in [-0.15, -0.1) is 0 Å². The Morgan fingerprint density at radius 2 is 1.79 bits per heavy atom. The van der Waals surface area contributed by atoms with Crippen LogP contribution in [0.25, 0.3) is 0 Å². The molecule has 4 atom stereocenters. The molecule has 0 saturated heterocycles. The Bertz CT molecular complexity index is 506. The van der Waals surface area contributed by atoms with Crippen LogP contribution in [0.1, 0.15) is 105 Å². The molecule has 0 amide bonds. The lowest BCUT2D eigenvalue weighted by Gasteiger charge is -2.21. The maximum Gasteiger partial charge on any atom is 0.161 e. The van der Waals surface area contributed by atoms with E-state index in [0.29, 0.717) is 43.4 Å². The fraction of sp³-hybridized carbons (Fsp3) is 0.840. The predicted molar refractivity (Wildman–Crippen MR) is 117 cm³/mol. The first-order chi connectivity index (χ1) is 13.3. The number of aliphatic hydroxyl groups excluding tert-OH is 1. The lowest BCUT2D eigenvalue weighted by atomic mass is 9.84. The maximum absolute atomic E-state index is 12.6. The van der Waals surface area contributed by atoms with Gasteiger partial charge in [-0.2, -0.15) is 0 Å². The highest BCUT2D eigenvalue weighted by Crippen LogP contribution is 2.27. The van der Waals surface area contributed by atoms with Crippen molar-refractivity contribution < 1.29 is 14.7 Å². The fourth-order valence-electron chi connectivity index (χ4n) is 4.08. The molecule has 28 heavy (non-hydrogen) atoms. The number of ketones is 2. The monoisotopic (exact) mass is 392 g/mol. The minimum absolute atomic E-state index is 0.0420. The van der Waals surface area contributed by atoms with Gasteiger partial charge in [0.05, 0.1) is 0 Å². The molecule has 0 heterocycles. The van der Waals surface area contributed by atoms with Gasteiger partial charge in [0.15, 0.2) is 11.6 Å². The highest BCUT2D eigenvalue weighted by Gasteiger charge is 2.23. The van der Waals surface area contributed by atoms with Gasteiger partial charge in [0, 0.05) is 12.8 Å². The van der Waals surface area contributed by atoms with E-state index < -0.39 is 6.10 Å². The third-order valence-corrected chi connectivity index (χ3v) is 6.54. The average molecular weight is 393 g/mol. The third kappa shape index (κ3) is 9.49. The largest absolute Gasteiger partial charge is 0.385 e. The van der Waals surface area contributed by atoms with Crippen molar-refractivity contribution in [1.29, 1.82) is 0 Å². The Balaban J connectivity index is 2.42. The molecule has 0 spiro atoms. The second-order valence-corrected chi connectivity index (χ2v) is 9.51. The molecule has 0 aliphatic heterocycles. The Labute approximate surface area is 173 Å². The minimum atomic E-state index is -0.840. The van der Waals surface area contributed by atoms with Gasteiger partial charge in [-0.05, 0) is 61.3 Å². The fourth-order valence-corrected chi connectivity index (χ4v) is 4.08. The van der Waals surface area contributed by atoms with Crippen LogP contribution in [0.5, 0.6) is 0 Å². The van der Waals surface area contributed by atoms with Gasteiger partial charge in [-0.1, -0.05) is 66.4 Å². The molecule has 162 valence electrons. The van der Waals surface area contributed by atoms with Crippen LogP contribution in [-0.4, -0.2) is 22.8 Å². The van der Waals surface area contributed by atoms with Crippen molar-refractivity contribution in [2.24, 2.45) is 23.7 Å². The van der Waals surface area contributed by atoms with Crippen molar-refractivity contribution in [2.75, 3.05) is 0 Å². The van der Waals surface area contributed by atoms with E-state index >= 15 is 0 Å². The van der Waals surface area contributed by atoms with Gasteiger partial charge in [0.25, 0.3) is 0 Å². The first-order valence-electron chi connectivity index (χ1n) is 11.7. The smallest absolute Gasteiger partial charge is 0.161 e. The van der Waals surface area contributed by atoms with Crippen molar-refractivity contribution in [3.8, 4) is 0 Å². The summed E-state index contributed by atoms with van der Waals surface area (Å²) in [5, 5.41) is 10.4. The molecule has 1 unspecified atom stereocenters. The Morgan fingerprint density at radius 3 is 2.32 bits per heavy atom. The second-order valence-electron chi connectivity index (χ2n) is 9.51. The number of carbonyl (C=O) groups excluding carboxylic acids is 2. The number of Topliss-reactive ketones (excluding diaryl/α,β-unsaturated/α-hetero) is 2. The Hall–Kier alpha value is -0.960. The maximum atomic E-state index is 12.6. The molecule has 1 N–H and O–H groups in total. The molecule has 0 aromatic rings. The van der Waals surface area contributed by atoms with Crippen LogP contribution in [0.2, 0.25) is 0 Å². The van der Waals surface area contributed by atoms with Gasteiger partial charge in [-0.25, -0.2) is 0 Å². The minimum Gasteiger partial charge on any atom is -0.385 e. The number of rotatable bonds is 14. The Kier molecular flexibility index (Phi) is 11.9. The van der Waals surface area contributed by atoms with Gasteiger partial charge in [0.2, 0.25) is 0 Å². The van der Waals surface area contributed by atoms with E-state index in [1.807, 2.05) is 0 Å². The van der Waals surface area contributed by atoms with Crippen LogP contribution in [0.4, 0.5) is 0 Å². The van der Waals surface area contributed by atoms with Crippen molar-refractivity contribution in [2.45, 2.75) is 111 Å². The molecule has 3 heteroatoms. The van der Waals surface area contributed by atoms with E-state index in [1.54, 1.807) is 0 Å². The molecule has 0 aromatic carbocycles. The van der Waals surface area contributed by atoms with Crippen LogP contribution in [0.15, 0.2) is 11.6 Å². The third-order valence-electron chi connectivity index (χ3n) is 6.54. The summed E-state index contributed by atoms with van der Waals surface area (Å²) in [4.78, 5) is 25.0. The van der Waals surface area contributed by atoms with Crippen LogP contribution in [0.3, 0.4) is 0 Å². The molecular formula is C25H44O3. The molecule has 0 radical (unpaired) electrons. The van der Waals surface area contributed by atoms with E-state index in [-0.39, 0.29) is 17.5 Å². The molecule has 1 aliphatic carbocycles. The second kappa shape index (κ2) is 13.3. The van der Waals surface area contributed by atoms with Crippen molar-refractivity contribution >= 4 is 11.6 Å². The Morgan fingerprint density at radius 1 is 1.11 bits per heavy atom. The van der Waals surface area contributed by atoms with Crippen LogP contribution in [0, 0.1) is 23.7 Å². The van der Waals surface area contributed by atoms with Gasteiger partial charge < -0.3 is 5.11 Å². The molecule has 0 bridgehead atoms. The van der Waals surface area contributed by atoms with Gasteiger partial charge >= 0.3 is 0 Å². The molecule has 3 nitrogen and oxygen atoms in total. The summed E-state index contributed by atoms with van der Waals surface area (Å²) in [7, 11) is 0. The van der Waals surface area contributed by atoms with E-state index in [2.05, 4.69) is 40.7 Å². The van der Waals surface area contributed by atoms with Crippen molar-refractivity contribution in [3.05, 3.63) is 11.6 Å². The highest BCUT2D eigenvalue weighted by atomic mass is 16.3. The van der Waals surface area contributed by atoms with E-state index in [4.69, 9.17) is 0 Å². The summed E-state index contributed by atoms with van der Waals surface area (Å²) in [6, 6.07) is 0. The molecule has 0 fully saturated rings. The van der Waals surface area contributed by atoms with Crippen molar-refractivity contribution in [3.63, 3.8) is 0 Å². The van der Waals surface area contributed by atoms with Crippen LogP contribution in [-0.2, 0) is 9.59 Å². The number of carbonyl (C=O) groups is 2. The van der Waals surface area contributed by atoms with Gasteiger partial charge in [0.1, 0.15) is 6.10 Å². The summed E-state index contributed by atoms with van der Waals surface area (Å²) in [6.45, 7) is 10.9. The lowest BCUT2D eigenvalue weighted by molar-refractivity contribution is -0.128. The molecule has 1 rings (SSSR count). The summed E-state index contributed by atoms with van der Waals surface area (Å²) >= 11 is 0. The standard InChI is InChI=1S/C25H44O3/c1-6-20(11-8-18(3)4)17-25(28)23(26)15-12-21(7-2)16-24(27)22-13-9-19(5)10-14-22/h13,18-21,25,28H,6-12,14-17H2,1-5H3/t19-,20-,21+,25?/m1/s1. The zero-order valence-electron chi connectivity index (χ0n) is 19.0.